The van der Waals surface area contributed by atoms with E-state index in [-0.39, 0.29) is 12.4 Å². The van der Waals surface area contributed by atoms with Crippen LogP contribution in [0.25, 0.3) is 22.3 Å². The smallest absolute Gasteiger partial charge is 0.178 e. The minimum absolute atomic E-state index is 0.0132. The Bertz CT molecular complexity index is 881. The van der Waals surface area contributed by atoms with E-state index >= 15 is 0 Å². The number of phenolic OH excluding ortho intramolecular Hbond substituents is 1. The van der Waals surface area contributed by atoms with Crippen LogP contribution in [0.5, 0.6) is 5.75 Å². The molecule has 3 aromatic rings. The maximum absolute atomic E-state index is 11.2. The number of alkyl halides is 1. The van der Waals surface area contributed by atoms with Crippen molar-refractivity contribution in [3.63, 3.8) is 0 Å². The largest absolute Gasteiger partial charge is 0.507 e. The maximum Gasteiger partial charge on any atom is 0.178 e. The zero-order chi connectivity index (χ0) is 18.2. The second-order valence-corrected chi connectivity index (χ2v) is 5.55. The molecule has 2 heterocycles. The Balaban J connectivity index is 0.000000326. The van der Waals surface area contributed by atoms with Gasteiger partial charge in [0.2, 0.25) is 0 Å². The average molecular weight is 341 g/mol. The van der Waals surface area contributed by atoms with E-state index in [0.717, 1.165) is 30.2 Å². The molecule has 6 nitrogen and oxygen atoms in total. The quantitative estimate of drug-likeness (QED) is 0.698. The van der Waals surface area contributed by atoms with E-state index in [0.29, 0.717) is 22.5 Å². The van der Waals surface area contributed by atoms with E-state index in [4.69, 9.17) is 5.26 Å². The molecule has 0 amide bonds. The van der Waals surface area contributed by atoms with Crippen LogP contribution < -0.4 is 0 Å². The fourth-order valence-corrected chi connectivity index (χ4v) is 2.33. The van der Waals surface area contributed by atoms with Crippen molar-refractivity contribution in [3.05, 3.63) is 35.5 Å². The van der Waals surface area contributed by atoms with Crippen molar-refractivity contribution in [2.24, 2.45) is 0 Å². The summed E-state index contributed by atoms with van der Waals surface area (Å²) < 4.78 is 11.2. The highest BCUT2D eigenvalue weighted by molar-refractivity contribution is 5.84. The molecule has 0 saturated heterocycles. The molecule has 0 aliphatic heterocycles. The molecule has 3 rings (SSSR count). The lowest BCUT2D eigenvalue weighted by Crippen LogP contribution is -1.94. The monoisotopic (exact) mass is 341 g/mol. The number of nitrogens with one attached hydrogen (secondary N) is 1. The van der Waals surface area contributed by atoms with Gasteiger partial charge in [-0.2, -0.15) is 10.4 Å². The van der Waals surface area contributed by atoms with Gasteiger partial charge in [-0.05, 0) is 37.1 Å². The zero-order valence-electron chi connectivity index (χ0n) is 14.3. The molecule has 0 aliphatic carbocycles. The van der Waals surface area contributed by atoms with Crippen LogP contribution >= 0.6 is 0 Å². The van der Waals surface area contributed by atoms with Crippen LogP contribution in [0.2, 0.25) is 0 Å². The molecule has 25 heavy (non-hydrogen) atoms. The third-order valence-electron chi connectivity index (χ3n) is 3.75. The first-order valence-electron chi connectivity index (χ1n) is 8.08. The number of fused-ring (bicyclic) bond motifs is 1. The fraction of sp³-hybridized carbons (Fsp3) is 0.333. The second kappa shape index (κ2) is 8.73. The Kier molecular flexibility index (Phi) is 6.40. The van der Waals surface area contributed by atoms with E-state index in [9.17, 15) is 9.50 Å². The molecule has 0 fully saturated rings. The lowest BCUT2D eigenvalue weighted by Gasteiger charge is -2.07. The van der Waals surface area contributed by atoms with Crippen molar-refractivity contribution in [1.82, 2.24) is 20.4 Å². The average Bonchev–Trinajstić information content (AvgIpc) is 3.11. The van der Waals surface area contributed by atoms with Crippen molar-refractivity contribution >= 4 is 11.0 Å². The highest BCUT2D eigenvalue weighted by atomic mass is 19.1. The Morgan fingerprint density at radius 3 is 2.68 bits per heavy atom. The van der Waals surface area contributed by atoms with Crippen LogP contribution in [-0.4, -0.2) is 32.2 Å². The van der Waals surface area contributed by atoms with Crippen LogP contribution in [0.4, 0.5) is 4.39 Å². The molecule has 2 aromatic heterocycles. The summed E-state index contributed by atoms with van der Waals surface area (Å²) in [7, 11) is 0. The van der Waals surface area contributed by atoms with E-state index < -0.39 is 0 Å². The third kappa shape index (κ3) is 4.29. The molecule has 0 radical (unpaired) electrons. The SMILES string of the molecule is CCCCCF.Cc1c(-c2ccc(C#N)cc2O)nnc2[nH]ncc12. The molecular formula is C18H20FN5O. The number of aromatic hydroxyl groups is 1. The van der Waals surface area contributed by atoms with Crippen molar-refractivity contribution in [2.75, 3.05) is 6.67 Å². The standard InChI is InChI=1S/C13H9N5O.C5H11F/c1-7-10-6-15-17-13(10)18-16-12(7)9-3-2-8(5-14)4-11(9)19;1-2-3-4-5-6/h2-4,6,19H,1H3,(H,15,17,18);2-5H2,1H3. The number of phenols is 1. The minimum atomic E-state index is -0.145. The minimum Gasteiger partial charge on any atom is -0.507 e. The van der Waals surface area contributed by atoms with Gasteiger partial charge in [-0.25, -0.2) is 0 Å². The highest BCUT2D eigenvalue weighted by Crippen LogP contribution is 2.32. The first-order valence-corrected chi connectivity index (χ1v) is 8.08. The third-order valence-corrected chi connectivity index (χ3v) is 3.75. The summed E-state index contributed by atoms with van der Waals surface area (Å²) >= 11 is 0. The fourth-order valence-electron chi connectivity index (χ4n) is 2.33. The van der Waals surface area contributed by atoms with Crippen molar-refractivity contribution in [2.45, 2.75) is 33.1 Å². The van der Waals surface area contributed by atoms with Crippen LogP contribution in [0, 0.1) is 18.3 Å². The number of aryl methyl sites for hydroxylation is 1. The number of unbranched alkanes of at least 4 members (excludes halogenated alkanes) is 2. The molecule has 130 valence electrons. The number of hydrogen-bond donors (Lipinski definition) is 2. The molecule has 0 spiro atoms. The molecule has 0 aliphatic rings. The summed E-state index contributed by atoms with van der Waals surface area (Å²) in [5.41, 5.74) is 3.01. The lowest BCUT2D eigenvalue weighted by molar-refractivity contribution is 0.460. The Hall–Kier alpha value is -3.01. The number of rotatable bonds is 4. The number of H-pyrrole nitrogens is 1. The van der Waals surface area contributed by atoms with Gasteiger partial charge < -0.3 is 5.11 Å². The summed E-state index contributed by atoms with van der Waals surface area (Å²) in [5.74, 6) is 0.0132. The van der Waals surface area contributed by atoms with Gasteiger partial charge in [0.1, 0.15) is 11.4 Å². The van der Waals surface area contributed by atoms with Gasteiger partial charge in [0.25, 0.3) is 0 Å². The van der Waals surface area contributed by atoms with Crippen LogP contribution in [-0.2, 0) is 0 Å². The molecule has 0 saturated carbocycles. The number of aromatic nitrogens is 4. The first-order chi connectivity index (χ1) is 12.1. The molecule has 0 bridgehead atoms. The summed E-state index contributed by atoms with van der Waals surface area (Å²) in [6, 6.07) is 6.69. The van der Waals surface area contributed by atoms with Crippen LogP contribution in [0.3, 0.4) is 0 Å². The van der Waals surface area contributed by atoms with Gasteiger partial charge in [-0.1, -0.05) is 19.8 Å². The number of aromatic amines is 1. The number of nitrogens with zero attached hydrogens (tertiary/aromatic N) is 4. The number of hydrogen-bond acceptors (Lipinski definition) is 5. The van der Waals surface area contributed by atoms with Gasteiger partial charge in [0, 0.05) is 10.9 Å². The normalized spacial score (nSPS) is 10.2. The van der Waals surface area contributed by atoms with Gasteiger partial charge in [-0.3, -0.25) is 9.49 Å². The van der Waals surface area contributed by atoms with Gasteiger partial charge in [0.15, 0.2) is 5.65 Å². The van der Waals surface area contributed by atoms with Gasteiger partial charge in [0.05, 0.1) is 24.5 Å². The van der Waals surface area contributed by atoms with E-state index in [2.05, 4.69) is 27.3 Å². The first kappa shape index (κ1) is 18.3. The molecule has 1 aromatic carbocycles. The predicted octanol–water partition coefficient (Wildman–Crippen LogP) is 4.05. The number of halogens is 1. The maximum atomic E-state index is 11.2. The van der Waals surface area contributed by atoms with Crippen LogP contribution in [0.15, 0.2) is 24.4 Å². The molecule has 2 N–H and O–H groups in total. The predicted molar refractivity (Wildman–Crippen MR) is 93.7 cm³/mol. The van der Waals surface area contributed by atoms with Crippen LogP contribution in [0.1, 0.15) is 37.3 Å². The van der Waals surface area contributed by atoms with E-state index in [1.165, 1.54) is 6.07 Å². The number of nitriles is 1. The van der Waals surface area contributed by atoms with Gasteiger partial charge >= 0.3 is 0 Å². The topological polar surface area (TPSA) is 98.5 Å². The molecular weight excluding hydrogens is 321 g/mol. The highest BCUT2D eigenvalue weighted by Gasteiger charge is 2.13. The Morgan fingerprint density at radius 2 is 2.08 bits per heavy atom. The Labute approximate surface area is 145 Å². The summed E-state index contributed by atoms with van der Waals surface area (Å²) in [5, 5.41) is 34.4. The summed E-state index contributed by atoms with van der Waals surface area (Å²) in [4.78, 5) is 0. The van der Waals surface area contributed by atoms with Crippen molar-refractivity contribution in [3.8, 4) is 23.1 Å². The van der Waals surface area contributed by atoms with E-state index in [1.54, 1.807) is 18.3 Å². The Morgan fingerprint density at radius 1 is 1.28 bits per heavy atom. The zero-order valence-corrected chi connectivity index (χ0v) is 14.3. The van der Waals surface area contributed by atoms with E-state index in [1.807, 2.05) is 13.0 Å². The molecule has 0 atom stereocenters. The van der Waals surface area contributed by atoms with Gasteiger partial charge in [-0.15, -0.1) is 10.2 Å². The molecule has 0 unspecified atom stereocenters. The number of benzene rings is 1. The summed E-state index contributed by atoms with van der Waals surface area (Å²) in [6.45, 7) is 3.81. The van der Waals surface area contributed by atoms with Crippen molar-refractivity contribution < 1.29 is 9.50 Å². The second-order valence-electron chi connectivity index (χ2n) is 5.55. The lowest BCUT2D eigenvalue weighted by atomic mass is 10.0. The molecule has 7 heteroatoms. The summed E-state index contributed by atoms with van der Waals surface area (Å²) in [6.07, 6.45) is 4.57. The van der Waals surface area contributed by atoms with Crippen molar-refractivity contribution in [1.29, 1.82) is 5.26 Å².